The lowest BCUT2D eigenvalue weighted by Gasteiger charge is -2.28. The second-order valence-corrected chi connectivity index (χ2v) is 6.22. The fourth-order valence-corrected chi connectivity index (χ4v) is 3.75. The highest BCUT2D eigenvalue weighted by atomic mass is 16.4. The summed E-state index contributed by atoms with van der Waals surface area (Å²) in [6, 6.07) is 24.5. The van der Waals surface area contributed by atoms with Gasteiger partial charge < -0.3 is 10.0 Å². The minimum atomic E-state index is -1.45. The first-order chi connectivity index (χ1) is 11.1. The van der Waals surface area contributed by atoms with E-state index in [1.165, 1.54) is 16.7 Å². The van der Waals surface area contributed by atoms with Gasteiger partial charge in [0.15, 0.2) is 0 Å². The van der Waals surface area contributed by atoms with Crippen LogP contribution in [-0.4, -0.2) is 17.2 Å². The van der Waals surface area contributed by atoms with Gasteiger partial charge in [0.1, 0.15) is 0 Å². The molecule has 1 aliphatic carbocycles. The summed E-state index contributed by atoms with van der Waals surface area (Å²) in [7, 11) is -1.45. The van der Waals surface area contributed by atoms with Crippen LogP contribution < -0.4 is 5.46 Å². The molecule has 112 valence electrons. The average molecular weight is 300 g/mol. The van der Waals surface area contributed by atoms with Crippen LogP contribution in [0.15, 0.2) is 72.8 Å². The SMILES string of the molecule is CC1(c2ccccc2)c2ccccc2-c2ccc(B(O)O)cc21. The van der Waals surface area contributed by atoms with Crippen molar-refractivity contribution < 1.29 is 10.0 Å². The molecule has 0 bridgehead atoms. The van der Waals surface area contributed by atoms with Crippen LogP contribution in [0.2, 0.25) is 0 Å². The second kappa shape index (κ2) is 5.09. The predicted octanol–water partition coefficient (Wildman–Crippen LogP) is 2.70. The van der Waals surface area contributed by atoms with Crippen molar-refractivity contribution in [2.75, 3.05) is 0 Å². The highest BCUT2D eigenvalue weighted by Crippen LogP contribution is 2.51. The second-order valence-electron chi connectivity index (χ2n) is 6.22. The molecule has 0 saturated carbocycles. The van der Waals surface area contributed by atoms with Gasteiger partial charge in [-0.25, -0.2) is 0 Å². The minimum absolute atomic E-state index is 0.294. The zero-order valence-corrected chi connectivity index (χ0v) is 12.9. The molecule has 23 heavy (non-hydrogen) atoms. The molecule has 0 amide bonds. The molecule has 1 aliphatic rings. The van der Waals surface area contributed by atoms with Gasteiger partial charge in [0, 0.05) is 5.41 Å². The molecule has 3 aromatic carbocycles. The van der Waals surface area contributed by atoms with Crippen LogP contribution in [0.25, 0.3) is 11.1 Å². The molecule has 2 N–H and O–H groups in total. The van der Waals surface area contributed by atoms with Gasteiger partial charge in [0.25, 0.3) is 0 Å². The monoisotopic (exact) mass is 300 g/mol. The molecule has 0 fully saturated rings. The van der Waals surface area contributed by atoms with Crippen molar-refractivity contribution in [2.45, 2.75) is 12.3 Å². The Morgan fingerprint density at radius 3 is 2.13 bits per heavy atom. The van der Waals surface area contributed by atoms with Crippen molar-refractivity contribution in [3.8, 4) is 11.1 Å². The number of fused-ring (bicyclic) bond motifs is 3. The molecule has 0 radical (unpaired) electrons. The van der Waals surface area contributed by atoms with Crippen LogP contribution in [0.4, 0.5) is 0 Å². The van der Waals surface area contributed by atoms with Crippen molar-refractivity contribution in [1.82, 2.24) is 0 Å². The molecule has 2 nitrogen and oxygen atoms in total. The van der Waals surface area contributed by atoms with Crippen molar-refractivity contribution in [3.05, 3.63) is 89.5 Å². The summed E-state index contributed by atoms with van der Waals surface area (Å²) in [4.78, 5) is 0. The number of hydrogen-bond donors (Lipinski definition) is 2. The maximum atomic E-state index is 9.57. The third-order valence-corrected chi connectivity index (χ3v) is 4.99. The summed E-state index contributed by atoms with van der Waals surface area (Å²) in [6.07, 6.45) is 0. The Morgan fingerprint density at radius 1 is 0.739 bits per heavy atom. The molecule has 3 aromatic rings. The zero-order chi connectivity index (χ0) is 16.0. The summed E-state index contributed by atoms with van der Waals surface area (Å²) >= 11 is 0. The molecule has 4 rings (SSSR count). The largest absolute Gasteiger partial charge is 0.488 e. The van der Waals surface area contributed by atoms with Crippen molar-refractivity contribution in [2.24, 2.45) is 0 Å². The van der Waals surface area contributed by atoms with Gasteiger partial charge in [-0.15, -0.1) is 0 Å². The van der Waals surface area contributed by atoms with E-state index in [-0.39, 0.29) is 5.41 Å². The molecule has 0 aliphatic heterocycles. The van der Waals surface area contributed by atoms with E-state index in [2.05, 4.69) is 37.3 Å². The highest BCUT2D eigenvalue weighted by Gasteiger charge is 2.40. The third kappa shape index (κ3) is 1.98. The summed E-state index contributed by atoms with van der Waals surface area (Å²) < 4.78 is 0. The first kappa shape index (κ1) is 14.3. The van der Waals surface area contributed by atoms with Gasteiger partial charge in [0.05, 0.1) is 0 Å². The Morgan fingerprint density at radius 2 is 1.39 bits per heavy atom. The maximum Gasteiger partial charge on any atom is 0.488 e. The number of hydrogen-bond acceptors (Lipinski definition) is 2. The number of rotatable bonds is 2. The standard InChI is InChI=1S/C20H17BO2/c1-20(14-7-3-2-4-8-14)18-10-6-5-9-16(18)17-12-11-15(21(22)23)13-19(17)20/h2-13,22-23H,1H3. The van der Waals surface area contributed by atoms with Gasteiger partial charge in [-0.3, -0.25) is 0 Å². The van der Waals surface area contributed by atoms with E-state index in [9.17, 15) is 10.0 Å². The van der Waals surface area contributed by atoms with Gasteiger partial charge in [-0.2, -0.15) is 0 Å². The summed E-state index contributed by atoms with van der Waals surface area (Å²) in [5.41, 5.74) is 6.19. The predicted molar refractivity (Wildman–Crippen MR) is 93.7 cm³/mol. The maximum absolute atomic E-state index is 9.57. The lowest BCUT2D eigenvalue weighted by Crippen LogP contribution is -2.32. The molecule has 1 atom stereocenters. The van der Waals surface area contributed by atoms with E-state index in [1.807, 2.05) is 36.4 Å². The molecular weight excluding hydrogens is 283 g/mol. The van der Waals surface area contributed by atoms with Crippen LogP contribution in [0.5, 0.6) is 0 Å². The van der Waals surface area contributed by atoms with Crippen LogP contribution >= 0.6 is 0 Å². The fraction of sp³-hybridized carbons (Fsp3) is 0.100. The van der Waals surface area contributed by atoms with E-state index in [4.69, 9.17) is 0 Å². The normalized spacial score (nSPS) is 18.4. The summed E-state index contributed by atoms with van der Waals surface area (Å²) in [6.45, 7) is 2.21. The van der Waals surface area contributed by atoms with E-state index in [0.29, 0.717) is 5.46 Å². The minimum Gasteiger partial charge on any atom is -0.423 e. The molecular formula is C20H17BO2. The topological polar surface area (TPSA) is 40.5 Å². The Labute approximate surface area is 136 Å². The Kier molecular flexibility index (Phi) is 3.15. The van der Waals surface area contributed by atoms with Gasteiger partial charge in [-0.1, -0.05) is 72.8 Å². The third-order valence-electron chi connectivity index (χ3n) is 4.99. The van der Waals surface area contributed by atoms with E-state index in [0.717, 1.165) is 11.1 Å². The molecule has 1 unspecified atom stereocenters. The van der Waals surface area contributed by atoms with Crippen molar-refractivity contribution >= 4 is 12.6 Å². The van der Waals surface area contributed by atoms with E-state index >= 15 is 0 Å². The first-order valence-corrected chi connectivity index (χ1v) is 7.78. The summed E-state index contributed by atoms with van der Waals surface area (Å²) in [5, 5.41) is 19.1. The Balaban J connectivity index is 2.05. The molecule has 0 heterocycles. The van der Waals surface area contributed by atoms with Crippen molar-refractivity contribution in [1.29, 1.82) is 0 Å². The molecule has 3 heteroatoms. The van der Waals surface area contributed by atoms with Gasteiger partial charge >= 0.3 is 7.12 Å². The van der Waals surface area contributed by atoms with Crippen molar-refractivity contribution in [3.63, 3.8) is 0 Å². The smallest absolute Gasteiger partial charge is 0.423 e. The molecule has 0 aromatic heterocycles. The quantitative estimate of drug-likeness (QED) is 0.714. The summed E-state index contributed by atoms with van der Waals surface area (Å²) in [5.74, 6) is 0. The van der Waals surface area contributed by atoms with E-state index < -0.39 is 7.12 Å². The lowest BCUT2D eigenvalue weighted by atomic mass is 9.71. The number of benzene rings is 3. The zero-order valence-electron chi connectivity index (χ0n) is 12.9. The van der Waals surface area contributed by atoms with Gasteiger partial charge in [-0.05, 0) is 40.2 Å². The van der Waals surface area contributed by atoms with Crippen LogP contribution in [-0.2, 0) is 5.41 Å². The molecule has 0 saturated heterocycles. The van der Waals surface area contributed by atoms with Gasteiger partial charge in [0.2, 0.25) is 0 Å². The van der Waals surface area contributed by atoms with E-state index in [1.54, 1.807) is 6.07 Å². The Bertz CT molecular complexity index is 874. The lowest BCUT2D eigenvalue weighted by molar-refractivity contribution is 0.425. The first-order valence-electron chi connectivity index (χ1n) is 7.78. The van der Waals surface area contributed by atoms with Crippen LogP contribution in [0.3, 0.4) is 0 Å². The average Bonchev–Trinajstić information content (AvgIpc) is 2.86. The van der Waals surface area contributed by atoms with Crippen LogP contribution in [0, 0.1) is 0 Å². The Hall–Kier alpha value is -2.36. The van der Waals surface area contributed by atoms with Crippen LogP contribution in [0.1, 0.15) is 23.6 Å². The molecule has 0 spiro atoms. The fourth-order valence-electron chi connectivity index (χ4n) is 3.75. The highest BCUT2D eigenvalue weighted by molar-refractivity contribution is 6.58.